The molecule has 3 unspecified atom stereocenters. The van der Waals surface area contributed by atoms with Gasteiger partial charge in [-0.3, -0.25) is 9.78 Å². The van der Waals surface area contributed by atoms with Crippen LogP contribution >= 0.6 is 0 Å². The highest BCUT2D eigenvalue weighted by Crippen LogP contribution is 2.58. The van der Waals surface area contributed by atoms with Gasteiger partial charge in [0.25, 0.3) is 0 Å². The summed E-state index contributed by atoms with van der Waals surface area (Å²) < 4.78 is 5.93. The Morgan fingerprint density at radius 3 is 2.72 bits per heavy atom. The Kier molecular flexibility index (Phi) is 3.96. The van der Waals surface area contributed by atoms with Crippen molar-refractivity contribution >= 4 is 11.7 Å². The molecule has 2 aliphatic heterocycles. The van der Waals surface area contributed by atoms with Gasteiger partial charge in [-0.1, -0.05) is 13.8 Å². The molecule has 7 nitrogen and oxygen atoms in total. The molecule has 2 saturated heterocycles. The summed E-state index contributed by atoms with van der Waals surface area (Å²) in [6, 6.07) is 0. The van der Waals surface area contributed by atoms with Crippen molar-refractivity contribution in [3.63, 3.8) is 0 Å². The molecule has 1 aromatic heterocycles. The number of fused-ring (bicyclic) bond motifs is 1. The number of ether oxygens (including phenoxy) is 1. The van der Waals surface area contributed by atoms with Crippen LogP contribution in [0.2, 0.25) is 0 Å². The smallest absolute Gasteiger partial charge is 0.243 e. The first-order chi connectivity index (χ1) is 12.0. The normalized spacial score (nSPS) is 34.2. The van der Waals surface area contributed by atoms with Crippen molar-refractivity contribution in [2.45, 2.75) is 38.3 Å². The van der Waals surface area contributed by atoms with Crippen LogP contribution in [0.1, 0.15) is 26.7 Å². The molecule has 3 fully saturated rings. The standard InChI is InChI=1S/C18H27N5O2/c1-17(2)15-13(4-3-11-25-15)18(17,19)16(24)23-9-7-22(8-10-23)14-12-20-5-6-21-14/h5-6,12-13,15H,3-4,7-11,19H2,1-2H3. The summed E-state index contributed by atoms with van der Waals surface area (Å²) in [6.45, 7) is 7.79. The van der Waals surface area contributed by atoms with Crippen LogP contribution in [0.3, 0.4) is 0 Å². The van der Waals surface area contributed by atoms with Crippen LogP contribution in [0, 0.1) is 11.3 Å². The van der Waals surface area contributed by atoms with Crippen LogP contribution in [0.15, 0.2) is 18.6 Å². The third kappa shape index (κ3) is 2.36. The number of aromatic nitrogens is 2. The van der Waals surface area contributed by atoms with Gasteiger partial charge >= 0.3 is 0 Å². The first kappa shape index (κ1) is 16.7. The van der Waals surface area contributed by atoms with Crippen molar-refractivity contribution in [3.05, 3.63) is 18.6 Å². The number of amides is 1. The average molecular weight is 345 g/mol. The molecule has 0 bridgehead atoms. The van der Waals surface area contributed by atoms with Crippen molar-refractivity contribution in [2.24, 2.45) is 17.1 Å². The molecule has 2 N–H and O–H groups in total. The maximum absolute atomic E-state index is 13.3. The molecule has 3 aliphatic rings. The summed E-state index contributed by atoms with van der Waals surface area (Å²) in [6.07, 6.45) is 7.21. The van der Waals surface area contributed by atoms with Crippen molar-refractivity contribution in [3.8, 4) is 0 Å². The first-order valence-electron chi connectivity index (χ1n) is 9.17. The SMILES string of the molecule is CC1(C)C2OCCCC2C1(N)C(=O)N1CCN(c2cnccn2)CC1. The summed E-state index contributed by atoms with van der Waals surface area (Å²) in [7, 11) is 0. The summed E-state index contributed by atoms with van der Waals surface area (Å²) >= 11 is 0. The maximum atomic E-state index is 13.3. The van der Waals surface area contributed by atoms with E-state index in [0.717, 1.165) is 38.4 Å². The van der Waals surface area contributed by atoms with E-state index in [9.17, 15) is 4.79 Å². The third-order valence-electron chi connectivity index (χ3n) is 6.48. The van der Waals surface area contributed by atoms with Gasteiger partial charge in [0.1, 0.15) is 11.4 Å². The van der Waals surface area contributed by atoms with E-state index in [0.29, 0.717) is 13.1 Å². The monoisotopic (exact) mass is 345 g/mol. The number of rotatable bonds is 2. The quantitative estimate of drug-likeness (QED) is 0.847. The van der Waals surface area contributed by atoms with Gasteiger partial charge in [0.15, 0.2) is 0 Å². The van der Waals surface area contributed by atoms with Gasteiger partial charge in [-0.25, -0.2) is 4.98 Å². The third-order valence-corrected chi connectivity index (χ3v) is 6.48. The fraction of sp³-hybridized carbons (Fsp3) is 0.722. The second-order valence-corrected chi connectivity index (χ2v) is 7.97. The zero-order valence-corrected chi connectivity index (χ0v) is 15.0. The zero-order valence-electron chi connectivity index (χ0n) is 15.0. The van der Waals surface area contributed by atoms with E-state index >= 15 is 0 Å². The van der Waals surface area contributed by atoms with E-state index < -0.39 is 5.54 Å². The minimum absolute atomic E-state index is 0.0862. The fourth-order valence-corrected chi connectivity index (χ4v) is 4.86. The Balaban J connectivity index is 1.45. The van der Waals surface area contributed by atoms with Gasteiger partial charge in [-0.05, 0) is 12.8 Å². The molecule has 136 valence electrons. The van der Waals surface area contributed by atoms with Crippen LogP contribution in [0.25, 0.3) is 0 Å². The van der Waals surface area contributed by atoms with Crippen LogP contribution in [-0.2, 0) is 9.53 Å². The number of nitrogens with zero attached hydrogens (tertiary/aromatic N) is 4. The molecule has 0 aromatic carbocycles. The largest absolute Gasteiger partial charge is 0.377 e. The zero-order chi connectivity index (χ0) is 17.7. The lowest BCUT2D eigenvalue weighted by atomic mass is 9.46. The molecule has 7 heteroatoms. The van der Waals surface area contributed by atoms with E-state index in [1.165, 1.54) is 0 Å². The van der Waals surface area contributed by atoms with E-state index in [4.69, 9.17) is 10.5 Å². The molecule has 1 aliphatic carbocycles. The molecule has 25 heavy (non-hydrogen) atoms. The summed E-state index contributed by atoms with van der Waals surface area (Å²) in [5.74, 6) is 1.09. The average Bonchev–Trinajstić information content (AvgIpc) is 2.67. The van der Waals surface area contributed by atoms with Crippen molar-refractivity contribution in [1.82, 2.24) is 14.9 Å². The van der Waals surface area contributed by atoms with E-state index in [-0.39, 0.29) is 23.3 Å². The van der Waals surface area contributed by atoms with Crippen LogP contribution in [0.4, 0.5) is 5.82 Å². The molecule has 1 amide bonds. The van der Waals surface area contributed by atoms with Crippen LogP contribution < -0.4 is 10.6 Å². The van der Waals surface area contributed by atoms with Gasteiger partial charge in [0.2, 0.25) is 5.91 Å². The van der Waals surface area contributed by atoms with Crippen molar-refractivity contribution in [1.29, 1.82) is 0 Å². The van der Waals surface area contributed by atoms with Gasteiger partial charge in [-0.15, -0.1) is 0 Å². The summed E-state index contributed by atoms with van der Waals surface area (Å²) in [5.41, 5.74) is 5.61. The van der Waals surface area contributed by atoms with Gasteiger partial charge in [0.05, 0.1) is 12.3 Å². The highest BCUT2D eigenvalue weighted by molar-refractivity contribution is 5.89. The predicted molar refractivity (Wildman–Crippen MR) is 94.0 cm³/mol. The molecule has 1 aromatic rings. The van der Waals surface area contributed by atoms with Gasteiger partial charge in [0, 0.05) is 56.5 Å². The lowest BCUT2D eigenvalue weighted by Crippen LogP contribution is -2.82. The van der Waals surface area contributed by atoms with E-state index in [1.54, 1.807) is 18.6 Å². The van der Waals surface area contributed by atoms with Gasteiger partial charge in [-0.2, -0.15) is 0 Å². The Morgan fingerprint density at radius 1 is 1.28 bits per heavy atom. The number of carbonyl (C=O) groups is 1. The second kappa shape index (κ2) is 5.92. The van der Waals surface area contributed by atoms with E-state index in [2.05, 4.69) is 28.7 Å². The van der Waals surface area contributed by atoms with Crippen molar-refractivity contribution in [2.75, 3.05) is 37.7 Å². The minimum Gasteiger partial charge on any atom is -0.377 e. The Morgan fingerprint density at radius 2 is 2.04 bits per heavy atom. The molecular formula is C18H27N5O2. The molecular weight excluding hydrogens is 318 g/mol. The predicted octanol–water partition coefficient (Wildman–Crippen LogP) is 0.658. The lowest BCUT2D eigenvalue weighted by Gasteiger charge is -2.66. The highest BCUT2D eigenvalue weighted by atomic mass is 16.5. The summed E-state index contributed by atoms with van der Waals surface area (Å²) in [5, 5.41) is 0. The Labute approximate surface area is 148 Å². The number of hydrogen-bond acceptors (Lipinski definition) is 6. The number of hydrogen-bond donors (Lipinski definition) is 1. The molecule has 4 rings (SSSR count). The van der Waals surface area contributed by atoms with Crippen LogP contribution in [0.5, 0.6) is 0 Å². The maximum Gasteiger partial charge on any atom is 0.243 e. The Bertz CT molecular complexity index is 644. The van der Waals surface area contributed by atoms with Gasteiger partial charge < -0.3 is 20.3 Å². The number of piperazine rings is 1. The molecule has 0 spiro atoms. The number of nitrogens with two attached hydrogens (primary N) is 1. The molecule has 3 heterocycles. The summed E-state index contributed by atoms with van der Waals surface area (Å²) in [4.78, 5) is 25.9. The number of anilines is 1. The minimum atomic E-state index is -0.813. The first-order valence-corrected chi connectivity index (χ1v) is 9.17. The molecule has 1 saturated carbocycles. The second-order valence-electron chi connectivity index (χ2n) is 7.97. The highest BCUT2D eigenvalue weighted by Gasteiger charge is 2.70. The van der Waals surface area contributed by atoms with E-state index in [1.807, 2.05) is 4.90 Å². The topological polar surface area (TPSA) is 84.6 Å². The number of carbonyl (C=O) groups excluding carboxylic acids is 1. The molecule has 0 radical (unpaired) electrons. The fourth-order valence-electron chi connectivity index (χ4n) is 4.86. The Hall–Kier alpha value is -1.73. The van der Waals surface area contributed by atoms with Crippen LogP contribution in [-0.4, -0.2) is 65.2 Å². The van der Waals surface area contributed by atoms with Crippen molar-refractivity contribution < 1.29 is 9.53 Å². The molecule has 3 atom stereocenters. The lowest BCUT2D eigenvalue weighted by molar-refractivity contribution is -0.230.